The molecule has 1 saturated heterocycles. The average molecular weight is 355 g/mol. The Kier molecular flexibility index (Phi) is 3.35. The van der Waals surface area contributed by atoms with Gasteiger partial charge in [-0.25, -0.2) is 0 Å². The first-order chi connectivity index (χ1) is 6.29. The van der Waals surface area contributed by atoms with Crippen LogP contribution in [0, 0.1) is 0 Å². The van der Waals surface area contributed by atoms with Gasteiger partial charge in [0.25, 0.3) is 0 Å². The molecule has 1 fully saturated rings. The van der Waals surface area contributed by atoms with E-state index in [2.05, 4.69) is 43.1 Å². The summed E-state index contributed by atoms with van der Waals surface area (Å²) in [4.78, 5) is 0. The molecule has 1 aliphatic heterocycles. The second-order valence-corrected chi connectivity index (χ2v) is 21.4. The third kappa shape index (κ3) is 2.72. The molecule has 0 N–H and O–H groups in total. The normalized spacial score (nSPS) is 22.8. The molecule has 0 unspecified atom stereocenters. The quantitative estimate of drug-likeness (QED) is 0.707. The van der Waals surface area contributed by atoms with Crippen LogP contribution in [0.25, 0.3) is 0 Å². The molecule has 1 aromatic rings. The van der Waals surface area contributed by atoms with Crippen molar-refractivity contribution in [2.75, 3.05) is 0 Å². The van der Waals surface area contributed by atoms with Crippen molar-refractivity contribution >= 4 is 28.7 Å². The minimum absolute atomic E-state index is 1.38. The maximum absolute atomic E-state index is 4.07. The molecule has 0 nitrogen and oxygen atoms in total. The third-order valence-corrected chi connectivity index (χ3v) is 16.7. The summed E-state index contributed by atoms with van der Waals surface area (Å²) in [7, 11) is 0. The Balaban J connectivity index is 2.05. The monoisotopic (exact) mass is 356 g/mol. The number of benzene rings is 1. The molecule has 0 radical (unpaired) electrons. The Morgan fingerprint density at radius 3 is 2.31 bits per heavy atom. The van der Waals surface area contributed by atoms with Gasteiger partial charge in [-0.2, -0.15) is 0 Å². The summed E-state index contributed by atoms with van der Waals surface area (Å²) in [6.45, 7) is 0. The molecular weight excluding hydrogens is 340 g/mol. The summed E-state index contributed by atoms with van der Waals surface area (Å²) in [5.41, 5.74) is 1.54. The van der Waals surface area contributed by atoms with Crippen molar-refractivity contribution in [3.05, 3.63) is 35.9 Å². The average Bonchev–Trinajstić information content (AvgIpc) is 2.54. The predicted molar refractivity (Wildman–Crippen MR) is 63.7 cm³/mol. The molecule has 72 valence electrons. The molecule has 0 amide bonds. The predicted octanol–water partition coefficient (Wildman–Crippen LogP) is 3.90. The number of hydrogen-bond acceptors (Lipinski definition) is 0. The zero-order chi connectivity index (χ0) is 9.15. The van der Waals surface area contributed by atoms with Gasteiger partial charge in [0, 0.05) is 0 Å². The van der Waals surface area contributed by atoms with Gasteiger partial charge in [0.15, 0.2) is 0 Å². The van der Waals surface area contributed by atoms with Crippen LogP contribution < -0.4 is 0 Å². The molecule has 13 heavy (non-hydrogen) atoms. The van der Waals surface area contributed by atoms with E-state index in [1.54, 1.807) is 5.56 Å². The van der Waals surface area contributed by atoms with E-state index < -0.39 is 16.0 Å². The molecule has 1 aromatic carbocycles. The van der Waals surface area contributed by atoms with Crippen LogP contribution in [0.4, 0.5) is 0 Å². The van der Waals surface area contributed by atoms with E-state index in [1.165, 1.54) is 26.2 Å². The van der Waals surface area contributed by atoms with Crippen LogP contribution >= 0.6 is 12.8 Å². The van der Waals surface area contributed by atoms with Crippen molar-refractivity contribution in [3.8, 4) is 0 Å². The van der Waals surface area contributed by atoms with Gasteiger partial charge >= 0.3 is 90.9 Å². The molecule has 1 aliphatic rings. The van der Waals surface area contributed by atoms with E-state index in [4.69, 9.17) is 0 Å². The van der Waals surface area contributed by atoms with Crippen LogP contribution in [0.2, 0.25) is 8.94 Å². The van der Waals surface area contributed by atoms with E-state index in [0.717, 1.165) is 0 Å². The van der Waals surface area contributed by atoms with Gasteiger partial charge in [0.1, 0.15) is 0 Å². The topological polar surface area (TPSA) is 0 Å². The molecule has 2 heteroatoms. The van der Waals surface area contributed by atoms with Gasteiger partial charge in [-0.3, -0.25) is 0 Å². The molecule has 0 aromatic heterocycles. The van der Waals surface area contributed by atoms with Gasteiger partial charge in [-0.05, 0) is 0 Å². The van der Waals surface area contributed by atoms with Crippen molar-refractivity contribution in [2.45, 2.75) is 26.2 Å². The van der Waals surface area contributed by atoms with Crippen LogP contribution in [0.5, 0.6) is 0 Å². The molecule has 1 heterocycles. The van der Waals surface area contributed by atoms with Crippen LogP contribution in [-0.4, -0.2) is 16.0 Å². The standard InChI is InChI=1S/C11H15BrTe/c12-13(8-4-5-9-13)10-11-6-2-1-3-7-11/h1-3,6-7H,4-5,8-10H2. The van der Waals surface area contributed by atoms with E-state index in [9.17, 15) is 0 Å². The fourth-order valence-corrected chi connectivity index (χ4v) is 14.5. The fourth-order valence-electron chi connectivity index (χ4n) is 1.84. The van der Waals surface area contributed by atoms with Crippen LogP contribution in [0.3, 0.4) is 0 Å². The van der Waals surface area contributed by atoms with E-state index in [0.29, 0.717) is 0 Å². The Morgan fingerprint density at radius 1 is 1.08 bits per heavy atom. The van der Waals surface area contributed by atoms with Crippen LogP contribution in [0.15, 0.2) is 30.3 Å². The zero-order valence-corrected chi connectivity index (χ0v) is 11.6. The zero-order valence-electron chi connectivity index (χ0n) is 7.71. The second kappa shape index (κ2) is 4.34. The van der Waals surface area contributed by atoms with E-state index >= 15 is 0 Å². The van der Waals surface area contributed by atoms with E-state index in [-0.39, 0.29) is 0 Å². The van der Waals surface area contributed by atoms with Gasteiger partial charge < -0.3 is 0 Å². The SMILES string of the molecule is Br[Te]1(Cc2ccccc2)CCCC1. The molecule has 0 bridgehead atoms. The number of rotatable bonds is 2. The second-order valence-electron chi connectivity index (χ2n) is 3.68. The molecule has 0 aliphatic carbocycles. The van der Waals surface area contributed by atoms with Crippen molar-refractivity contribution in [1.29, 1.82) is 0 Å². The first-order valence-electron chi connectivity index (χ1n) is 4.78. The molecule has 0 spiro atoms. The van der Waals surface area contributed by atoms with Gasteiger partial charge in [-0.15, -0.1) is 0 Å². The Morgan fingerprint density at radius 2 is 1.69 bits per heavy atom. The summed E-state index contributed by atoms with van der Waals surface area (Å²) in [6.07, 6.45) is 2.94. The van der Waals surface area contributed by atoms with Crippen LogP contribution in [-0.2, 0) is 4.47 Å². The summed E-state index contributed by atoms with van der Waals surface area (Å²) >= 11 is 2.53. The minimum atomic E-state index is -1.54. The molecular formula is C11H15BrTe. The molecule has 0 saturated carbocycles. The van der Waals surface area contributed by atoms with Crippen molar-refractivity contribution < 1.29 is 0 Å². The first-order valence-corrected chi connectivity index (χ1v) is 15.0. The van der Waals surface area contributed by atoms with Crippen LogP contribution in [0.1, 0.15) is 18.4 Å². The summed E-state index contributed by atoms with van der Waals surface area (Å²) in [5.74, 6) is 0. The van der Waals surface area contributed by atoms with Gasteiger partial charge in [0.05, 0.1) is 0 Å². The van der Waals surface area contributed by atoms with Crippen molar-refractivity contribution in [2.24, 2.45) is 0 Å². The van der Waals surface area contributed by atoms with Crippen molar-refractivity contribution in [3.63, 3.8) is 0 Å². The summed E-state index contributed by atoms with van der Waals surface area (Å²) in [6, 6.07) is 11.0. The van der Waals surface area contributed by atoms with Gasteiger partial charge in [-0.1, -0.05) is 0 Å². The molecule has 2 rings (SSSR count). The first kappa shape index (κ1) is 10.0. The van der Waals surface area contributed by atoms with Crippen molar-refractivity contribution in [1.82, 2.24) is 0 Å². The van der Waals surface area contributed by atoms with E-state index in [1.807, 2.05) is 0 Å². The Hall–Kier alpha value is 0.490. The fraction of sp³-hybridized carbons (Fsp3) is 0.455. The summed E-state index contributed by atoms with van der Waals surface area (Å²) in [5, 5.41) is 0. The maximum atomic E-state index is 4.07. The number of halogens is 1. The third-order valence-electron chi connectivity index (χ3n) is 2.54. The van der Waals surface area contributed by atoms with Gasteiger partial charge in [0.2, 0.25) is 0 Å². The molecule has 0 atom stereocenters. The number of hydrogen-bond donors (Lipinski definition) is 0. The Bertz CT molecular complexity index is 265. The summed E-state index contributed by atoms with van der Waals surface area (Å²) < 4.78 is 4.43. The Labute approximate surface area is 90.3 Å².